The van der Waals surface area contributed by atoms with Crippen molar-refractivity contribution < 1.29 is 4.79 Å². The highest BCUT2D eigenvalue weighted by molar-refractivity contribution is 9.09. The van der Waals surface area contributed by atoms with Gasteiger partial charge < -0.3 is 9.80 Å². The fourth-order valence-electron chi connectivity index (χ4n) is 3.08. The molecule has 0 saturated carbocycles. The molecule has 1 aromatic carbocycles. The molecule has 1 aromatic heterocycles. The SMILES string of the molecule is CN1CCN(CCC(CBr)C(=O)Nn2ccc3ccccc32)CC1. The largest absolute Gasteiger partial charge is 0.304 e. The van der Waals surface area contributed by atoms with Gasteiger partial charge in [-0.05, 0) is 32.1 Å². The quantitative estimate of drug-likeness (QED) is 0.767. The van der Waals surface area contributed by atoms with E-state index >= 15 is 0 Å². The van der Waals surface area contributed by atoms with Crippen LogP contribution in [0.4, 0.5) is 0 Å². The minimum absolute atomic E-state index is 0.0224. The van der Waals surface area contributed by atoms with Crippen LogP contribution in [0.1, 0.15) is 6.42 Å². The van der Waals surface area contributed by atoms with Crippen LogP contribution in [-0.2, 0) is 4.79 Å². The molecule has 1 aliphatic heterocycles. The van der Waals surface area contributed by atoms with Crippen LogP contribution in [0.5, 0.6) is 0 Å². The van der Waals surface area contributed by atoms with Gasteiger partial charge in [-0.3, -0.25) is 14.9 Å². The first-order chi connectivity index (χ1) is 11.7. The summed E-state index contributed by atoms with van der Waals surface area (Å²) in [5.74, 6) is 0.0492. The van der Waals surface area contributed by atoms with Gasteiger partial charge in [-0.15, -0.1) is 0 Å². The number of hydrogen-bond donors (Lipinski definition) is 1. The molecule has 2 aromatic rings. The van der Waals surface area contributed by atoms with Gasteiger partial charge in [0.05, 0.1) is 11.4 Å². The minimum atomic E-state index is -0.0224. The number of piperazine rings is 1. The van der Waals surface area contributed by atoms with Crippen molar-refractivity contribution in [2.75, 3.05) is 50.5 Å². The van der Waals surface area contributed by atoms with Gasteiger partial charge in [-0.25, -0.2) is 0 Å². The number of alkyl halides is 1. The number of para-hydroxylation sites is 1. The molecule has 1 N–H and O–H groups in total. The Kier molecular flexibility index (Phi) is 5.92. The van der Waals surface area contributed by atoms with Gasteiger partial charge in [-0.1, -0.05) is 34.1 Å². The van der Waals surface area contributed by atoms with Crippen LogP contribution < -0.4 is 5.43 Å². The predicted octanol–water partition coefficient (Wildman–Crippen LogP) is 2.36. The number of aromatic nitrogens is 1. The van der Waals surface area contributed by atoms with Crippen LogP contribution in [0.2, 0.25) is 0 Å². The standard InChI is InChI=1S/C18H25BrN4O/c1-21-10-12-22(13-11-21)8-6-16(14-19)18(24)20-23-9-7-15-4-2-3-5-17(15)23/h2-5,7,9,16H,6,8,10-14H2,1H3,(H,20,24). The number of nitrogens with zero attached hydrogens (tertiary/aromatic N) is 3. The molecule has 0 bridgehead atoms. The average molecular weight is 393 g/mol. The zero-order valence-electron chi connectivity index (χ0n) is 14.1. The summed E-state index contributed by atoms with van der Waals surface area (Å²) >= 11 is 3.51. The number of likely N-dealkylation sites (N-methyl/N-ethyl adjacent to an activating group) is 1. The fraction of sp³-hybridized carbons (Fsp3) is 0.500. The minimum Gasteiger partial charge on any atom is -0.304 e. The molecule has 0 aliphatic carbocycles. The molecule has 5 nitrogen and oxygen atoms in total. The lowest BCUT2D eigenvalue weighted by atomic mass is 10.1. The van der Waals surface area contributed by atoms with E-state index in [4.69, 9.17) is 0 Å². The third-order valence-corrected chi connectivity index (χ3v) is 5.56. The van der Waals surface area contributed by atoms with Gasteiger partial charge in [0, 0.05) is 43.1 Å². The van der Waals surface area contributed by atoms with Gasteiger partial charge in [0.15, 0.2) is 0 Å². The number of hydrogen-bond acceptors (Lipinski definition) is 3. The van der Waals surface area contributed by atoms with Crippen molar-refractivity contribution in [1.82, 2.24) is 14.5 Å². The van der Waals surface area contributed by atoms with Crippen molar-refractivity contribution in [3.63, 3.8) is 0 Å². The van der Waals surface area contributed by atoms with E-state index in [2.05, 4.69) is 38.2 Å². The van der Waals surface area contributed by atoms with Crippen molar-refractivity contribution >= 4 is 32.7 Å². The second kappa shape index (κ2) is 8.14. The van der Waals surface area contributed by atoms with Gasteiger partial charge in [0.2, 0.25) is 5.91 Å². The molecular weight excluding hydrogens is 368 g/mol. The number of nitrogens with one attached hydrogen (secondary N) is 1. The van der Waals surface area contributed by atoms with E-state index in [1.807, 2.05) is 41.2 Å². The molecular formula is C18H25BrN4O. The summed E-state index contributed by atoms with van der Waals surface area (Å²) in [7, 11) is 2.16. The van der Waals surface area contributed by atoms with Crippen LogP contribution in [-0.4, -0.2) is 65.5 Å². The third kappa shape index (κ3) is 4.18. The zero-order chi connectivity index (χ0) is 16.9. The van der Waals surface area contributed by atoms with Crippen LogP contribution in [0.25, 0.3) is 10.9 Å². The molecule has 24 heavy (non-hydrogen) atoms. The van der Waals surface area contributed by atoms with Crippen LogP contribution in [0.3, 0.4) is 0 Å². The number of benzene rings is 1. The Morgan fingerprint density at radius 3 is 2.71 bits per heavy atom. The molecule has 1 saturated heterocycles. The maximum absolute atomic E-state index is 12.6. The summed E-state index contributed by atoms with van der Waals surface area (Å²) in [5.41, 5.74) is 4.06. The number of amides is 1. The summed E-state index contributed by atoms with van der Waals surface area (Å²) in [5, 5.41) is 1.82. The first-order valence-corrected chi connectivity index (χ1v) is 9.63. The van der Waals surface area contributed by atoms with Crippen molar-refractivity contribution in [3.05, 3.63) is 36.5 Å². The lowest BCUT2D eigenvalue weighted by Crippen LogP contribution is -2.45. The summed E-state index contributed by atoms with van der Waals surface area (Å²) in [6.45, 7) is 5.38. The Morgan fingerprint density at radius 2 is 1.96 bits per heavy atom. The molecule has 1 aliphatic rings. The zero-order valence-corrected chi connectivity index (χ0v) is 15.7. The molecule has 1 unspecified atom stereocenters. The van der Waals surface area contributed by atoms with E-state index in [1.165, 1.54) is 0 Å². The molecule has 1 amide bonds. The molecule has 2 heterocycles. The van der Waals surface area contributed by atoms with Crippen LogP contribution in [0.15, 0.2) is 36.5 Å². The summed E-state index contributed by atoms with van der Waals surface area (Å²) < 4.78 is 1.82. The van der Waals surface area contributed by atoms with E-state index in [0.29, 0.717) is 5.33 Å². The van der Waals surface area contributed by atoms with E-state index in [9.17, 15) is 4.79 Å². The van der Waals surface area contributed by atoms with Gasteiger partial charge >= 0.3 is 0 Å². The monoisotopic (exact) mass is 392 g/mol. The van der Waals surface area contributed by atoms with E-state index in [-0.39, 0.29) is 11.8 Å². The van der Waals surface area contributed by atoms with Crippen molar-refractivity contribution in [3.8, 4) is 0 Å². The molecule has 130 valence electrons. The lowest BCUT2D eigenvalue weighted by Gasteiger charge is -2.32. The molecule has 3 rings (SSSR count). The first kappa shape index (κ1) is 17.5. The van der Waals surface area contributed by atoms with Crippen molar-refractivity contribution in [2.45, 2.75) is 6.42 Å². The van der Waals surface area contributed by atoms with Crippen LogP contribution >= 0.6 is 15.9 Å². The van der Waals surface area contributed by atoms with Crippen molar-refractivity contribution in [2.24, 2.45) is 5.92 Å². The smallest absolute Gasteiger partial charge is 0.242 e. The molecule has 0 radical (unpaired) electrons. The average Bonchev–Trinajstić information content (AvgIpc) is 3.00. The number of carbonyl (C=O) groups is 1. The predicted molar refractivity (Wildman–Crippen MR) is 102 cm³/mol. The van der Waals surface area contributed by atoms with E-state index < -0.39 is 0 Å². The first-order valence-electron chi connectivity index (χ1n) is 8.51. The Labute approximate surface area is 151 Å². The number of rotatable bonds is 6. The summed E-state index contributed by atoms with van der Waals surface area (Å²) in [4.78, 5) is 17.4. The fourth-order valence-corrected chi connectivity index (χ4v) is 3.70. The maximum Gasteiger partial charge on any atom is 0.242 e. The second-order valence-corrected chi connectivity index (χ2v) is 7.15. The Bertz CT molecular complexity index is 678. The van der Waals surface area contributed by atoms with Gasteiger partial charge in [0.25, 0.3) is 0 Å². The normalized spacial score (nSPS) is 17.9. The summed E-state index contributed by atoms with van der Waals surface area (Å²) in [6.07, 6.45) is 2.79. The summed E-state index contributed by atoms with van der Waals surface area (Å²) in [6, 6.07) is 10.1. The molecule has 1 fully saturated rings. The van der Waals surface area contributed by atoms with E-state index in [1.54, 1.807) is 0 Å². The third-order valence-electron chi connectivity index (χ3n) is 4.78. The van der Waals surface area contributed by atoms with Gasteiger partial charge in [0.1, 0.15) is 0 Å². The Morgan fingerprint density at radius 1 is 1.21 bits per heavy atom. The Hall–Kier alpha value is -1.37. The van der Waals surface area contributed by atoms with Crippen molar-refractivity contribution in [1.29, 1.82) is 0 Å². The van der Waals surface area contributed by atoms with Gasteiger partial charge in [-0.2, -0.15) is 0 Å². The number of fused-ring (bicyclic) bond motifs is 1. The highest BCUT2D eigenvalue weighted by atomic mass is 79.9. The molecule has 0 spiro atoms. The lowest BCUT2D eigenvalue weighted by molar-refractivity contribution is -0.120. The maximum atomic E-state index is 12.6. The molecule has 6 heteroatoms. The highest BCUT2D eigenvalue weighted by Crippen LogP contribution is 2.15. The van der Waals surface area contributed by atoms with Crippen LogP contribution in [0, 0.1) is 5.92 Å². The number of halogens is 1. The molecule has 1 atom stereocenters. The topological polar surface area (TPSA) is 40.5 Å². The second-order valence-electron chi connectivity index (χ2n) is 6.51. The Balaban J connectivity index is 1.56. The number of carbonyl (C=O) groups excluding carboxylic acids is 1. The van der Waals surface area contributed by atoms with E-state index in [0.717, 1.165) is 50.0 Å². The highest BCUT2D eigenvalue weighted by Gasteiger charge is 2.20.